The Balaban J connectivity index is 1.84. The molecule has 0 saturated heterocycles. The number of rotatable bonds is 4. The number of carbonyl (C=O) groups excluding carboxylic acids is 2. The van der Waals surface area contributed by atoms with Gasteiger partial charge in [-0.15, -0.1) is 0 Å². The van der Waals surface area contributed by atoms with E-state index in [-0.39, 0.29) is 11.1 Å². The lowest BCUT2D eigenvalue weighted by Crippen LogP contribution is -2.33. The van der Waals surface area contributed by atoms with E-state index in [1.165, 1.54) is 29.4 Å². The number of Topliss-reactive ketones (excluding diaryl/α,β-unsaturated/α-hetero) is 1. The van der Waals surface area contributed by atoms with Crippen LogP contribution in [0.5, 0.6) is 0 Å². The van der Waals surface area contributed by atoms with E-state index in [0.29, 0.717) is 11.4 Å². The highest BCUT2D eigenvalue weighted by molar-refractivity contribution is 6.17. The third-order valence-electron chi connectivity index (χ3n) is 5.21. The molecule has 0 fully saturated rings. The summed E-state index contributed by atoms with van der Waals surface area (Å²) in [4.78, 5) is 27.5. The Hall–Kier alpha value is -3.74. The lowest BCUT2D eigenvalue weighted by atomic mass is 9.82. The Kier molecular flexibility index (Phi) is 4.97. The monoisotopic (exact) mass is 420 g/mol. The fourth-order valence-corrected chi connectivity index (χ4v) is 3.65. The number of aromatic nitrogens is 1. The van der Waals surface area contributed by atoms with Crippen molar-refractivity contribution in [1.29, 1.82) is 0 Å². The van der Waals surface area contributed by atoms with Crippen LogP contribution in [0.15, 0.2) is 76.7 Å². The molecule has 0 radical (unpaired) electrons. The Morgan fingerprint density at radius 3 is 2.35 bits per heavy atom. The van der Waals surface area contributed by atoms with Crippen molar-refractivity contribution < 1.29 is 23.6 Å². The number of nitrogens with zero attached hydrogens (tertiary/aromatic N) is 2. The fourth-order valence-electron chi connectivity index (χ4n) is 3.65. The van der Waals surface area contributed by atoms with Crippen LogP contribution in [-0.4, -0.2) is 22.0 Å². The fraction of sp³-hybridized carbons (Fsp3) is 0.208. The maximum atomic E-state index is 14.8. The summed E-state index contributed by atoms with van der Waals surface area (Å²) in [5.74, 6) is -2.41. The van der Waals surface area contributed by atoms with Gasteiger partial charge in [0.25, 0.3) is 5.91 Å². The van der Waals surface area contributed by atoms with E-state index in [4.69, 9.17) is 4.52 Å². The number of ketones is 1. The summed E-state index contributed by atoms with van der Waals surface area (Å²) in [5.41, 5.74) is 0.939. The number of anilines is 1. The summed E-state index contributed by atoms with van der Waals surface area (Å²) in [7, 11) is 0. The van der Waals surface area contributed by atoms with Gasteiger partial charge in [-0.25, -0.2) is 4.39 Å². The summed E-state index contributed by atoms with van der Waals surface area (Å²) in [5, 5.41) is 14.6. The lowest BCUT2D eigenvalue weighted by Gasteiger charge is -2.29. The van der Waals surface area contributed by atoms with Crippen LogP contribution in [-0.2, 0) is 9.59 Å². The molecule has 1 atom stereocenters. The van der Waals surface area contributed by atoms with Gasteiger partial charge in [0.05, 0.1) is 11.6 Å². The minimum Gasteiger partial charge on any atom is -0.503 e. The molecule has 1 unspecified atom stereocenters. The second-order valence-corrected chi connectivity index (χ2v) is 8.37. The van der Waals surface area contributed by atoms with E-state index < -0.39 is 34.7 Å². The summed E-state index contributed by atoms with van der Waals surface area (Å²) in [6.07, 6.45) is 1.45. The number of hydrogen-bond donors (Lipinski definition) is 1. The zero-order valence-corrected chi connectivity index (χ0v) is 17.3. The lowest BCUT2D eigenvalue weighted by molar-refractivity contribution is -0.123. The molecule has 1 aliphatic rings. The van der Waals surface area contributed by atoms with Gasteiger partial charge in [0.15, 0.2) is 11.5 Å². The SMILES string of the molecule is CC(C)(C)C(=O)C1=C(O)C(=O)N(c2ccc(-c3ccon3)cc2)C1c1ccccc1F. The highest BCUT2D eigenvalue weighted by atomic mass is 19.1. The average molecular weight is 420 g/mol. The molecule has 1 amide bonds. The van der Waals surface area contributed by atoms with Crippen molar-refractivity contribution in [2.45, 2.75) is 26.8 Å². The van der Waals surface area contributed by atoms with Gasteiger partial charge in [-0.2, -0.15) is 0 Å². The summed E-state index contributed by atoms with van der Waals surface area (Å²) in [6.45, 7) is 5.07. The molecule has 0 spiro atoms. The summed E-state index contributed by atoms with van der Waals surface area (Å²) < 4.78 is 19.7. The first kappa shape index (κ1) is 20.5. The zero-order chi connectivity index (χ0) is 22.3. The van der Waals surface area contributed by atoms with Crippen molar-refractivity contribution in [3.8, 4) is 11.3 Å². The van der Waals surface area contributed by atoms with Gasteiger partial charge in [0.2, 0.25) is 0 Å². The van der Waals surface area contributed by atoms with Crippen molar-refractivity contribution >= 4 is 17.4 Å². The first-order valence-electron chi connectivity index (χ1n) is 9.77. The number of aliphatic hydroxyl groups excluding tert-OH is 1. The maximum Gasteiger partial charge on any atom is 0.294 e. The molecule has 2 aromatic carbocycles. The number of carbonyl (C=O) groups is 2. The van der Waals surface area contributed by atoms with E-state index in [9.17, 15) is 19.1 Å². The number of hydrogen-bond acceptors (Lipinski definition) is 5. The maximum absolute atomic E-state index is 14.8. The van der Waals surface area contributed by atoms with Crippen LogP contribution in [0.3, 0.4) is 0 Å². The summed E-state index contributed by atoms with van der Waals surface area (Å²) >= 11 is 0. The number of amides is 1. The van der Waals surface area contributed by atoms with Crippen molar-refractivity contribution in [3.63, 3.8) is 0 Å². The highest BCUT2D eigenvalue weighted by Gasteiger charge is 2.47. The highest BCUT2D eigenvalue weighted by Crippen LogP contribution is 2.44. The van der Waals surface area contributed by atoms with Gasteiger partial charge < -0.3 is 9.63 Å². The third-order valence-corrected chi connectivity index (χ3v) is 5.21. The van der Waals surface area contributed by atoms with Gasteiger partial charge in [-0.05, 0) is 18.2 Å². The van der Waals surface area contributed by atoms with Crippen molar-refractivity contribution in [2.75, 3.05) is 4.90 Å². The minimum absolute atomic E-state index is 0.108. The predicted molar refractivity (Wildman–Crippen MR) is 113 cm³/mol. The van der Waals surface area contributed by atoms with Gasteiger partial charge >= 0.3 is 0 Å². The van der Waals surface area contributed by atoms with Gasteiger partial charge in [0.1, 0.15) is 17.8 Å². The van der Waals surface area contributed by atoms with E-state index in [1.54, 1.807) is 57.2 Å². The molecule has 0 bridgehead atoms. The first-order chi connectivity index (χ1) is 14.7. The van der Waals surface area contributed by atoms with Crippen LogP contribution in [0.1, 0.15) is 32.4 Å². The average Bonchev–Trinajstić information content (AvgIpc) is 3.35. The molecule has 1 aromatic heterocycles. The van der Waals surface area contributed by atoms with Crippen LogP contribution in [0.25, 0.3) is 11.3 Å². The Labute approximate surface area is 178 Å². The van der Waals surface area contributed by atoms with Crippen LogP contribution in [0.4, 0.5) is 10.1 Å². The predicted octanol–water partition coefficient (Wildman–Crippen LogP) is 5.00. The zero-order valence-electron chi connectivity index (χ0n) is 17.3. The van der Waals surface area contributed by atoms with Crippen LogP contribution < -0.4 is 4.90 Å². The van der Waals surface area contributed by atoms with E-state index in [2.05, 4.69) is 5.16 Å². The smallest absolute Gasteiger partial charge is 0.294 e. The van der Waals surface area contributed by atoms with Gasteiger partial charge in [0, 0.05) is 28.3 Å². The number of halogens is 1. The molecule has 0 aliphatic carbocycles. The molecule has 6 nitrogen and oxygen atoms in total. The minimum atomic E-state index is -1.08. The largest absolute Gasteiger partial charge is 0.503 e. The second-order valence-electron chi connectivity index (χ2n) is 8.37. The number of benzene rings is 2. The van der Waals surface area contributed by atoms with Gasteiger partial charge in [-0.1, -0.05) is 56.3 Å². The topological polar surface area (TPSA) is 83.6 Å². The van der Waals surface area contributed by atoms with E-state index in [0.717, 1.165) is 5.56 Å². The quantitative estimate of drug-likeness (QED) is 0.642. The van der Waals surface area contributed by atoms with Crippen molar-refractivity contribution in [2.24, 2.45) is 5.41 Å². The summed E-state index contributed by atoms with van der Waals surface area (Å²) in [6, 6.07) is 13.3. The molecular formula is C24H21FN2O4. The molecule has 2 heterocycles. The van der Waals surface area contributed by atoms with Crippen LogP contribution >= 0.6 is 0 Å². The third kappa shape index (κ3) is 3.52. The molecule has 31 heavy (non-hydrogen) atoms. The van der Waals surface area contributed by atoms with Crippen LogP contribution in [0.2, 0.25) is 0 Å². The molecule has 0 saturated carbocycles. The number of aliphatic hydroxyl groups is 1. The Morgan fingerprint density at radius 2 is 1.77 bits per heavy atom. The molecule has 3 aromatic rings. The second kappa shape index (κ2) is 7.50. The molecule has 1 aliphatic heterocycles. The standard InChI is InChI=1S/C24H21FN2O4/c1-24(2,3)22(29)19-20(16-6-4-5-7-17(16)25)27(23(30)21(19)28)15-10-8-14(9-11-15)18-12-13-31-26-18/h4-13,20,28H,1-3H3. The van der Waals surface area contributed by atoms with E-state index >= 15 is 0 Å². The van der Waals surface area contributed by atoms with Gasteiger partial charge in [-0.3, -0.25) is 14.5 Å². The Bertz CT molecular complexity index is 1180. The Morgan fingerprint density at radius 1 is 1.10 bits per heavy atom. The van der Waals surface area contributed by atoms with Crippen LogP contribution in [0, 0.1) is 11.2 Å². The molecule has 1 N–H and O–H groups in total. The van der Waals surface area contributed by atoms with E-state index in [1.807, 2.05) is 0 Å². The normalized spacial score (nSPS) is 16.8. The molecule has 7 heteroatoms. The van der Waals surface area contributed by atoms with Crippen molar-refractivity contribution in [3.05, 3.63) is 83.6 Å². The molecular weight excluding hydrogens is 399 g/mol. The molecule has 158 valence electrons. The van der Waals surface area contributed by atoms with Crippen molar-refractivity contribution in [1.82, 2.24) is 5.16 Å². The first-order valence-corrected chi connectivity index (χ1v) is 9.77. The molecule has 4 rings (SSSR count).